The lowest BCUT2D eigenvalue weighted by Gasteiger charge is -2.30. The SMILES string of the molecule is CN(C)CCN(Cc1cccc(Cl)c1)C(=O)C1CCNCC1.Cl. The number of nitrogens with one attached hydrogen (secondary N) is 1. The van der Waals surface area contributed by atoms with E-state index in [0.717, 1.165) is 49.6 Å². The quantitative estimate of drug-likeness (QED) is 0.847. The average Bonchev–Trinajstić information content (AvgIpc) is 2.51. The summed E-state index contributed by atoms with van der Waals surface area (Å²) in [6.45, 7) is 4.14. The van der Waals surface area contributed by atoms with E-state index in [0.29, 0.717) is 6.54 Å². The van der Waals surface area contributed by atoms with Gasteiger partial charge in [0, 0.05) is 30.6 Å². The summed E-state index contributed by atoms with van der Waals surface area (Å²) in [5.41, 5.74) is 1.09. The molecular formula is C17H27Cl2N3O. The Morgan fingerprint density at radius 3 is 2.57 bits per heavy atom. The van der Waals surface area contributed by atoms with E-state index in [1.165, 1.54) is 0 Å². The van der Waals surface area contributed by atoms with Crippen LogP contribution in [0.5, 0.6) is 0 Å². The van der Waals surface area contributed by atoms with Gasteiger partial charge in [0.2, 0.25) is 5.91 Å². The first-order valence-corrected chi connectivity index (χ1v) is 8.32. The largest absolute Gasteiger partial charge is 0.337 e. The Morgan fingerprint density at radius 1 is 1.26 bits per heavy atom. The van der Waals surface area contributed by atoms with Crippen molar-refractivity contribution >= 4 is 29.9 Å². The zero-order valence-corrected chi connectivity index (χ0v) is 15.5. The van der Waals surface area contributed by atoms with Crippen molar-refractivity contribution in [2.45, 2.75) is 19.4 Å². The van der Waals surface area contributed by atoms with E-state index in [-0.39, 0.29) is 24.2 Å². The first kappa shape index (κ1) is 20.2. The summed E-state index contributed by atoms with van der Waals surface area (Å²) >= 11 is 6.06. The first-order chi connectivity index (χ1) is 10.6. The van der Waals surface area contributed by atoms with E-state index in [1.807, 2.05) is 43.3 Å². The van der Waals surface area contributed by atoms with Gasteiger partial charge in [0.1, 0.15) is 0 Å². The molecule has 1 N–H and O–H groups in total. The fourth-order valence-electron chi connectivity index (χ4n) is 2.77. The molecule has 0 bridgehead atoms. The van der Waals surface area contributed by atoms with Crippen LogP contribution in [0.2, 0.25) is 5.02 Å². The van der Waals surface area contributed by atoms with Gasteiger partial charge in [-0.05, 0) is 57.7 Å². The minimum absolute atomic E-state index is 0. The number of nitrogens with zero attached hydrogens (tertiary/aromatic N) is 2. The van der Waals surface area contributed by atoms with Crippen molar-refractivity contribution < 1.29 is 4.79 Å². The molecular weight excluding hydrogens is 333 g/mol. The van der Waals surface area contributed by atoms with Crippen molar-refractivity contribution in [3.63, 3.8) is 0 Å². The highest BCUT2D eigenvalue weighted by atomic mass is 35.5. The maximum atomic E-state index is 12.8. The van der Waals surface area contributed by atoms with Crippen LogP contribution in [0.4, 0.5) is 0 Å². The van der Waals surface area contributed by atoms with Crippen molar-refractivity contribution in [1.82, 2.24) is 15.1 Å². The zero-order chi connectivity index (χ0) is 15.9. The van der Waals surface area contributed by atoms with Crippen molar-refractivity contribution in [2.24, 2.45) is 5.92 Å². The second kappa shape index (κ2) is 10.1. The molecule has 4 nitrogen and oxygen atoms in total. The second-order valence-corrected chi connectivity index (χ2v) is 6.65. The molecule has 0 unspecified atom stereocenters. The van der Waals surface area contributed by atoms with Gasteiger partial charge >= 0.3 is 0 Å². The van der Waals surface area contributed by atoms with Crippen LogP contribution in [0, 0.1) is 5.92 Å². The standard InChI is InChI=1S/C17H26ClN3O.ClH/c1-20(2)10-11-21(13-14-4-3-5-16(18)12-14)17(22)15-6-8-19-9-7-15;/h3-5,12,15,19H,6-11,13H2,1-2H3;1H. The highest BCUT2D eigenvalue weighted by Gasteiger charge is 2.25. The average molecular weight is 360 g/mol. The summed E-state index contributed by atoms with van der Waals surface area (Å²) in [5.74, 6) is 0.436. The molecule has 1 aliphatic heterocycles. The molecule has 0 aliphatic carbocycles. The van der Waals surface area contributed by atoms with Crippen LogP contribution in [-0.4, -0.2) is 56.0 Å². The zero-order valence-electron chi connectivity index (χ0n) is 13.9. The van der Waals surface area contributed by atoms with E-state index in [4.69, 9.17) is 11.6 Å². The molecule has 1 aromatic carbocycles. The minimum Gasteiger partial charge on any atom is -0.337 e. The lowest BCUT2D eigenvalue weighted by molar-refractivity contribution is -0.137. The summed E-state index contributed by atoms with van der Waals surface area (Å²) in [4.78, 5) is 16.9. The Bertz CT molecular complexity index is 490. The lowest BCUT2D eigenvalue weighted by atomic mass is 9.96. The van der Waals surface area contributed by atoms with Crippen molar-refractivity contribution in [2.75, 3.05) is 40.3 Å². The second-order valence-electron chi connectivity index (χ2n) is 6.22. The minimum atomic E-state index is 0. The normalized spacial score (nSPS) is 15.3. The number of piperidine rings is 1. The smallest absolute Gasteiger partial charge is 0.226 e. The molecule has 1 saturated heterocycles. The van der Waals surface area contributed by atoms with Gasteiger partial charge < -0.3 is 15.1 Å². The fraction of sp³-hybridized carbons (Fsp3) is 0.588. The Hall–Kier alpha value is -0.810. The van der Waals surface area contributed by atoms with E-state index in [1.54, 1.807) is 0 Å². The first-order valence-electron chi connectivity index (χ1n) is 7.95. The monoisotopic (exact) mass is 359 g/mol. The molecule has 0 radical (unpaired) electrons. The van der Waals surface area contributed by atoms with Crippen molar-refractivity contribution in [3.05, 3.63) is 34.9 Å². The Morgan fingerprint density at radius 2 is 1.96 bits per heavy atom. The number of likely N-dealkylation sites (N-methyl/N-ethyl adjacent to an activating group) is 1. The van der Waals surface area contributed by atoms with Gasteiger partial charge in [-0.25, -0.2) is 0 Å². The number of carbonyl (C=O) groups is 1. The molecule has 2 rings (SSSR count). The summed E-state index contributed by atoms with van der Waals surface area (Å²) in [6, 6.07) is 7.78. The number of rotatable bonds is 6. The molecule has 0 aromatic heterocycles. The topological polar surface area (TPSA) is 35.6 Å². The highest BCUT2D eigenvalue weighted by molar-refractivity contribution is 6.30. The Kier molecular flexibility index (Phi) is 8.92. The third kappa shape index (κ3) is 6.68. The van der Waals surface area contributed by atoms with Crippen molar-refractivity contribution in [1.29, 1.82) is 0 Å². The number of hydrogen-bond donors (Lipinski definition) is 1. The molecule has 130 valence electrons. The van der Waals surface area contributed by atoms with Gasteiger partial charge in [0.15, 0.2) is 0 Å². The summed E-state index contributed by atoms with van der Waals surface area (Å²) in [6.07, 6.45) is 1.87. The molecule has 1 heterocycles. The fourth-order valence-corrected chi connectivity index (χ4v) is 2.98. The number of amides is 1. The highest BCUT2D eigenvalue weighted by Crippen LogP contribution is 2.18. The third-order valence-electron chi connectivity index (χ3n) is 4.08. The van der Waals surface area contributed by atoms with Gasteiger partial charge in [-0.1, -0.05) is 23.7 Å². The molecule has 0 atom stereocenters. The van der Waals surface area contributed by atoms with Crippen LogP contribution in [0.15, 0.2) is 24.3 Å². The molecule has 6 heteroatoms. The molecule has 23 heavy (non-hydrogen) atoms. The molecule has 1 amide bonds. The van der Waals surface area contributed by atoms with Crippen LogP contribution < -0.4 is 5.32 Å². The lowest BCUT2D eigenvalue weighted by Crippen LogP contribution is -2.43. The van der Waals surface area contributed by atoms with Crippen LogP contribution >= 0.6 is 24.0 Å². The maximum absolute atomic E-state index is 12.8. The predicted octanol–water partition coefficient (Wildman–Crippen LogP) is 2.65. The van der Waals surface area contributed by atoms with Crippen LogP contribution in [0.3, 0.4) is 0 Å². The van der Waals surface area contributed by atoms with E-state index in [2.05, 4.69) is 10.2 Å². The van der Waals surface area contributed by atoms with Crippen LogP contribution in [-0.2, 0) is 11.3 Å². The summed E-state index contributed by atoms with van der Waals surface area (Å²) < 4.78 is 0. The van der Waals surface area contributed by atoms with Gasteiger partial charge in [-0.15, -0.1) is 12.4 Å². The van der Waals surface area contributed by atoms with Gasteiger partial charge in [0.25, 0.3) is 0 Å². The van der Waals surface area contributed by atoms with Crippen LogP contribution in [0.1, 0.15) is 18.4 Å². The molecule has 1 aliphatic rings. The Labute approximate surface area is 150 Å². The molecule has 1 aromatic rings. The van der Waals surface area contributed by atoms with Gasteiger partial charge in [-0.2, -0.15) is 0 Å². The van der Waals surface area contributed by atoms with Crippen molar-refractivity contribution in [3.8, 4) is 0 Å². The van der Waals surface area contributed by atoms with E-state index in [9.17, 15) is 4.79 Å². The van der Waals surface area contributed by atoms with Gasteiger partial charge in [-0.3, -0.25) is 4.79 Å². The molecule has 1 fully saturated rings. The number of carbonyl (C=O) groups excluding carboxylic acids is 1. The van der Waals surface area contributed by atoms with Crippen LogP contribution in [0.25, 0.3) is 0 Å². The van der Waals surface area contributed by atoms with Gasteiger partial charge in [0.05, 0.1) is 0 Å². The van der Waals surface area contributed by atoms with E-state index < -0.39 is 0 Å². The third-order valence-corrected chi connectivity index (χ3v) is 4.31. The maximum Gasteiger partial charge on any atom is 0.226 e. The molecule has 0 saturated carbocycles. The summed E-state index contributed by atoms with van der Waals surface area (Å²) in [7, 11) is 4.07. The number of hydrogen-bond acceptors (Lipinski definition) is 3. The Balaban J connectivity index is 0.00000264. The number of halogens is 2. The van der Waals surface area contributed by atoms with E-state index >= 15 is 0 Å². The number of benzene rings is 1. The molecule has 0 spiro atoms. The summed E-state index contributed by atoms with van der Waals surface area (Å²) in [5, 5.41) is 4.04. The predicted molar refractivity (Wildman–Crippen MR) is 98.3 cm³/mol.